The normalized spacial score (nSPS) is 14.6. The highest BCUT2D eigenvalue weighted by molar-refractivity contribution is 5.65. The number of aromatic nitrogens is 4. The molecule has 0 amide bonds. The van der Waals surface area contributed by atoms with Crippen LogP contribution in [0.5, 0.6) is 0 Å². The lowest BCUT2D eigenvalue weighted by atomic mass is 10.1. The number of hydrogen-bond donors (Lipinski definition) is 1. The fourth-order valence-electron chi connectivity index (χ4n) is 3.15. The van der Waals surface area contributed by atoms with Gasteiger partial charge in [-0.3, -0.25) is 19.5 Å². The van der Waals surface area contributed by atoms with E-state index >= 15 is 0 Å². The summed E-state index contributed by atoms with van der Waals surface area (Å²) in [4.78, 5) is 11.3. The van der Waals surface area contributed by atoms with Crippen LogP contribution in [0.1, 0.15) is 18.1 Å². The number of anilines is 1. The van der Waals surface area contributed by atoms with Crippen molar-refractivity contribution in [1.82, 2.24) is 24.6 Å². The van der Waals surface area contributed by atoms with Crippen LogP contribution in [0.25, 0.3) is 11.3 Å². The summed E-state index contributed by atoms with van der Waals surface area (Å²) in [6.45, 7) is 6.66. The van der Waals surface area contributed by atoms with Crippen LogP contribution in [0.4, 0.5) is 5.69 Å². The molecule has 6 heteroatoms. The average molecular weight is 334 g/mol. The summed E-state index contributed by atoms with van der Waals surface area (Å²) in [5, 5.41) is 7.89. The first kappa shape index (κ1) is 15.8. The summed E-state index contributed by atoms with van der Waals surface area (Å²) in [7, 11) is 0. The summed E-state index contributed by atoms with van der Waals surface area (Å²) in [5.74, 6) is 0. The van der Waals surface area contributed by atoms with Crippen molar-refractivity contribution < 1.29 is 0 Å². The van der Waals surface area contributed by atoms with Gasteiger partial charge in [-0.1, -0.05) is 6.07 Å². The molecule has 3 aromatic heterocycles. The number of fused-ring (bicyclic) bond motifs is 1. The number of pyridine rings is 2. The van der Waals surface area contributed by atoms with Gasteiger partial charge < -0.3 is 5.32 Å². The van der Waals surface area contributed by atoms with Crippen LogP contribution in [-0.4, -0.2) is 37.7 Å². The molecule has 0 saturated heterocycles. The summed E-state index contributed by atoms with van der Waals surface area (Å²) in [5.41, 5.74) is 5.66. The number of rotatable bonds is 4. The molecule has 0 bridgehead atoms. The first-order valence-electron chi connectivity index (χ1n) is 8.68. The van der Waals surface area contributed by atoms with Crippen LogP contribution in [0, 0.1) is 0 Å². The van der Waals surface area contributed by atoms with E-state index in [2.05, 4.69) is 44.3 Å². The van der Waals surface area contributed by atoms with Crippen molar-refractivity contribution in [2.75, 3.05) is 18.4 Å². The van der Waals surface area contributed by atoms with E-state index in [0.717, 1.165) is 44.0 Å². The van der Waals surface area contributed by atoms with Crippen molar-refractivity contribution in [3.8, 4) is 11.3 Å². The molecule has 0 aliphatic carbocycles. The summed E-state index contributed by atoms with van der Waals surface area (Å²) >= 11 is 0. The predicted octanol–water partition coefficient (Wildman–Crippen LogP) is 2.79. The Morgan fingerprint density at radius 2 is 2.20 bits per heavy atom. The molecule has 0 fully saturated rings. The molecular formula is C19H22N6. The van der Waals surface area contributed by atoms with Gasteiger partial charge in [-0.15, -0.1) is 0 Å². The highest BCUT2D eigenvalue weighted by Crippen LogP contribution is 2.26. The number of nitrogens with zero attached hydrogens (tertiary/aromatic N) is 5. The minimum Gasteiger partial charge on any atom is -0.383 e. The van der Waals surface area contributed by atoms with Crippen LogP contribution in [-0.2, 0) is 19.6 Å². The number of aryl methyl sites for hydroxylation is 1. The first-order valence-corrected chi connectivity index (χ1v) is 8.68. The van der Waals surface area contributed by atoms with Crippen molar-refractivity contribution in [3.05, 3.63) is 60.3 Å². The van der Waals surface area contributed by atoms with Gasteiger partial charge in [0.2, 0.25) is 0 Å². The van der Waals surface area contributed by atoms with Crippen LogP contribution in [0.15, 0.2) is 49.2 Å². The largest absolute Gasteiger partial charge is 0.383 e. The highest BCUT2D eigenvalue weighted by Gasteiger charge is 2.16. The highest BCUT2D eigenvalue weighted by atomic mass is 15.3. The Bertz CT molecular complexity index is 842. The predicted molar refractivity (Wildman–Crippen MR) is 98.0 cm³/mol. The van der Waals surface area contributed by atoms with E-state index < -0.39 is 0 Å². The Morgan fingerprint density at radius 1 is 1.24 bits per heavy atom. The fraction of sp³-hybridized carbons (Fsp3) is 0.316. The van der Waals surface area contributed by atoms with Gasteiger partial charge in [0.25, 0.3) is 0 Å². The van der Waals surface area contributed by atoms with E-state index in [-0.39, 0.29) is 0 Å². The lowest BCUT2D eigenvalue weighted by molar-refractivity contribution is 0.271. The van der Waals surface area contributed by atoms with E-state index in [1.807, 2.05) is 41.7 Å². The first-order chi connectivity index (χ1) is 12.3. The molecule has 0 radical (unpaired) electrons. The van der Waals surface area contributed by atoms with Gasteiger partial charge >= 0.3 is 0 Å². The SMILES string of the molecule is CCn1cc(-c2cc3c(cn2)CN(Cc2cccnc2)CCN3)cn1. The molecule has 1 aliphatic heterocycles. The van der Waals surface area contributed by atoms with Gasteiger partial charge in [0, 0.05) is 74.3 Å². The monoisotopic (exact) mass is 334 g/mol. The molecule has 0 spiro atoms. The second-order valence-electron chi connectivity index (χ2n) is 6.31. The Hall–Kier alpha value is -2.73. The molecule has 128 valence electrons. The topological polar surface area (TPSA) is 58.9 Å². The van der Waals surface area contributed by atoms with Crippen molar-refractivity contribution >= 4 is 5.69 Å². The Balaban J connectivity index is 1.54. The van der Waals surface area contributed by atoms with Crippen molar-refractivity contribution in [2.45, 2.75) is 26.6 Å². The summed E-state index contributed by atoms with van der Waals surface area (Å²) < 4.78 is 1.92. The van der Waals surface area contributed by atoms with E-state index in [4.69, 9.17) is 0 Å². The van der Waals surface area contributed by atoms with Crippen LogP contribution >= 0.6 is 0 Å². The zero-order chi connectivity index (χ0) is 17.1. The van der Waals surface area contributed by atoms with Gasteiger partial charge in [-0.05, 0) is 24.6 Å². The molecule has 1 aliphatic rings. The van der Waals surface area contributed by atoms with E-state index in [9.17, 15) is 0 Å². The van der Waals surface area contributed by atoms with Gasteiger partial charge in [-0.2, -0.15) is 5.10 Å². The third kappa shape index (κ3) is 3.53. The standard InChI is InChI=1S/C19H22N6/c1-2-25-14-17(11-23-25)19-8-18-16(10-22-19)13-24(7-6-21-18)12-15-4-3-5-20-9-15/h3-5,8-11,14,21H,2,6-7,12-13H2,1H3. The van der Waals surface area contributed by atoms with Crippen molar-refractivity contribution in [2.24, 2.45) is 0 Å². The Morgan fingerprint density at radius 3 is 3.00 bits per heavy atom. The van der Waals surface area contributed by atoms with Crippen LogP contribution < -0.4 is 5.32 Å². The second-order valence-corrected chi connectivity index (χ2v) is 6.31. The Labute approximate surface area is 147 Å². The molecule has 4 rings (SSSR count). The smallest absolute Gasteiger partial charge is 0.0754 e. The van der Waals surface area contributed by atoms with E-state index in [0.29, 0.717) is 0 Å². The maximum absolute atomic E-state index is 4.66. The van der Waals surface area contributed by atoms with Gasteiger partial charge in [0.1, 0.15) is 0 Å². The van der Waals surface area contributed by atoms with Gasteiger partial charge in [-0.25, -0.2) is 0 Å². The Kier molecular flexibility index (Phi) is 4.43. The minimum absolute atomic E-state index is 0.868. The van der Waals surface area contributed by atoms with E-state index in [1.54, 1.807) is 0 Å². The van der Waals surface area contributed by atoms with Crippen molar-refractivity contribution in [1.29, 1.82) is 0 Å². The zero-order valence-electron chi connectivity index (χ0n) is 14.4. The lowest BCUT2D eigenvalue weighted by Gasteiger charge is -2.19. The molecule has 4 heterocycles. The lowest BCUT2D eigenvalue weighted by Crippen LogP contribution is -2.25. The quantitative estimate of drug-likeness (QED) is 0.795. The molecule has 6 nitrogen and oxygen atoms in total. The molecule has 0 unspecified atom stereocenters. The summed E-state index contributed by atoms with van der Waals surface area (Å²) in [6.07, 6.45) is 9.66. The maximum atomic E-state index is 4.66. The molecule has 0 aromatic carbocycles. The molecule has 0 saturated carbocycles. The van der Waals surface area contributed by atoms with Crippen LogP contribution in [0.3, 0.4) is 0 Å². The second kappa shape index (κ2) is 7.03. The zero-order valence-corrected chi connectivity index (χ0v) is 14.4. The third-order valence-electron chi connectivity index (χ3n) is 4.51. The molecule has 0 atom stereocenters. The summed E-state index contributed by atoms with van der Waals surface area (Å²) in [6, 6.07) is 6.25. The number of hydrogen-bond acceptors (Lipinski definition) is 5. The number of nitrogens with one attached hydrogen (secondary N) is 1. The maximum Gasteiger partial charge on any atom is 0.0754 e. The molecule has 3 aromatic rings. The van der Waals surface area contributed by atoms with Crippen LogP contribution in [0.2, 0.25) is 0 Å². The van der Waals surface area contributed by atoms with Gasteiger partial charge in [0.15, 0.2) is 0 Å². The van der Waals surface area contributed by atoms with Crippen molar-refractivity contribution in [3.63, 3.8) is 0 Å². The van der Waals surface area contributed by atoms with E-state index in [1.165, 1.54) is 16.8 Å². The third-order valence-corrected chi connectivity index (χ3v) is 4.51. The molecule has 25 heavy (non-hydrogen) atoms. The van der Waals surface area contributed by atoms with Gasteiger partial charge in [0.05, 0.1) is 11.9 Å². The fourth-order valence-corrected chi connectivity index (χ4v) is 3.15. The minimum atomic E-state index is 0.868. The average Bonchev–Trinajstić information content (AvgIpc) is 3.04. The molecular weight excluding hydrogens is 312 g/mol. The molecule has 1 N–H and O–H groups in total.